The van der Waals surface area contributed by atoms with E-state index in [0.717, 1.165) is 44.6 Å². The first-order chi connectivity index (χ1) is 10.2. The summed E-state index contributed by atoms with van der Waals surface area (Å²) >= 11 is 0. The minimum absolute atomic E-state index is 0.179. The number of nitrogens with one attached hydrogen (secondary N) is 1. The monoisotopic (exact) mass is 293 g/mol. The number of hydrogen-bond donors (Lipinski definition) is 1. The Hall–Kier alpha value is -1.46. The highest BCUT2D eigenvalue weighted by Gasteiger charge is 2.18. The summed E-state index contributed by atoms with van der Waals surface area (Å²) in [4.78, 5) is 18.2. The van der Waals surface area contributed by atoms with Crippen molar-refractivity contribution in [2.24, 2.45) is 0 Å². The molecule has 0 aliphatic rings. The van der Waals surface area contributed by atoms with Gasteiger partial charge in [0.2, 0.25) is 0 Å². The SMILES string of the molecule is CCCNC(CCN(C)CCc1ccccn1)C(=O)OC. The molecule has 0 saturated carbocycles. The van der Waals surface area contributed by atoms with Gasteiger partial charge in [-0.1, -0.05) is 13.0 Å². The number of carbonyl (C=O) groups excluding carboxylic acids is 1. The Morgan fingerprint density at radius 3 is 2.86 bits per heavy atom. The van der Waals surface area contributed by atoms with Crippen LogP contribution < -0.4 is 5.32 Å². The molecule has 1 rings (SSSR count). The van der Waals surface area contributed by atoms with Gasteiger partial charge in [0.1, 0.15) is 6.04 Å². The molecule has 0 aliphatic heterocycles. The molecule has 1 heterocycles. The smallest absolute Gasteiger partial charge is 0.322 e. The Bertz CT molecular complexity index is 398. The van der Waals surface area contributed by atoms with E-state index in [1.807, 2.05) is 24.4 Å². The van der Waals surface area contributed by atoms with Crippen molar-refractivity contribution in [3.8, 4) is 0 Å². The molecule has 1 aromatic heterocycles. The Labute approximate surface area is 127 Å². The zero-order valence-corrected chi connectivity index (χ0v) is 13.3. The van der Waals surface area contributed by atoms with E-state index in [1.165, 1.54) is 7.11 Å². The summed E-state index contributed by atoms with van der Waals surface area (Å²) in [5.74, 6) is -0.179. The number of hydrogen-bond acceptors (Lipinski definition) is 5. The van der Waals surface area contributed by atoms with Gasteiger partial charge in [0, 0.05) is 24.9 Å². The third-order valence-electron chi connectivity index (χ3n) is 3.40. The van der Waals surface area contributed by atoms with Crippen molar-refractivity contribution in [1.29, 1.82) is 0 Å². The number of esters is 1. The maximum absolute atomic E-state index is 11.7. The Balaban J connectivity index is 2.31. The van der Waals surface area contributed by atoms with Crippen LogP contribution in [0.4, 0.5) is 0 Å². The molecule has 0 fully saturated rings. The van der Waals surface area contributed by atoms with E-state index < -0.39 is 0 Å². The van der Waals surface area contributed by atoms with Gasteiger partial charge in [-0.05, 0) is 45.1 Å². The maximum Gasteiger partial charge on any atom is 0.322 e. The van der Waals surface area contributed by atoms with Gasteiger partial charge in [-0.3, -0.25) is 9.78 Å². The van der Waals surface area contributed by atoms with E-state index in [-0.39, 0.29) is 12.0 Å². The molecule has 0 aliphatic carbocycles. The van der Waals surface area contributed by atoms with Crippen LogP contribution in [0.2, 0.25) is 0 Å². The molecule has 5 heteroatoms. The van der Waals surface area contributed by atoms with Gasteiger partial charge in [-0.25, -0.2) is 0 Å². The second-order valence-electron chi connectivity index (χ2n) is 5.19. The number of ether oxygens (including phenoxy) is 1. The molecule has 0 aromatic carbocycles. The van der Waals surface area contributed by atoms with Crippen molar-refractivity contribution in [3.63, 3.8) is 0 Å². The molecule has 0 bridgehead atoms. The van der Waals surface area contributed by atoms with Gasteiger partial charge < -0.3 is 15.0 Å². The van der Waals surface area contributed by atoms with Crippen LogP contribution in [0.3, 0.4) is 0 Å². The zero-order chi connectivity index (χ0) is 15.5. The van der Waals surface area contributed by atoms with Crippen LogP contribution in [0.15, 0.2) is 24.4 Å². The quantitative estimate of drug-likeness (QED) is 0.662. The van der Waals surface area contributed by atoms with E-state index in [0.29, 0.717) is 0 Å². The Morgan fingerprint density at radius 1 is 1.43 bits per heavy atom. The van der Waals surface area contributed by atoms with Gasteiger partial charge in [-0.15, -0.1) is 0 Å². The fourth-order valence-electron chi connectivity index (χ4n) is 2.08. The lowest BCUT2D eigenvalue weighted by atomic mass is 10.2. The number of pyridine rings is 1. The summed E-state index contributed by atoms with van der Waals surface area (Å²) in [6, 6.07) is 5.75. The van der Waals surface area contributed by atoms with Crippen LogP contribution in [-0.2, 0) is 16.0 Å². The molecular formula is C16H27N3O2. The van der Waals surface area contributed by atoms with E-state index in [4.69, 9.17) is 4.74 Å². The average Bonchev–Trinajstić information content (AvgIpc) is 2.53. The summed E-state index contributed by atoms with van der Waals surface area (Å²) in [7, 11) is 3.50. The van der Waals surface area contributed by atoms with Crippen molar-refractivity contribution in [3.05, 3.63) is 30.1 Å². The number of likely N-dealkylation sites (N-methyl/N-ethyl adjacent to an activating group) is 1. The first-order valence-corrected chi connectivity index (χ1v) is 7.57. The van der Waals surface area contributed by atoms with E-state index in [2.05, 4.69) is 29.2 Å². The van der Waals surface area contributed by atoms with E-state index in [9.17, 15) is 4.79 Å². The fourth-order valence-corrected chi connectivity index (χ4v) is 2.08. The lowest BCUT2D eigenvalue weighted by Gasteiger charge is -2.21. The normalized spacial score (nSPS) is 12.4. The van der Waals surface area contributed by atoms with Crippen molar-refractivity contribution in [1.82, 2.24) is 15.2 Å². The van der Waals surface area contributed by atoms with E-state index >= 15 is 0 Å². The summed E-state index contributed by atoms with van der Waals surface area (Å²) in [6.07, 6.45) is 4.49. The minimum atomic E-state index is -0.216. The molecular weight excluding hydrogens is 266 g/mol. The first kappa shape index (κ1) is 17.6. The molecule has 0 amide bonds. The third-order valence-corrected chi connectivity index (χ3v) is 3.40. The molecule has 118 valence electrons. The Kier molecular flexibility index (Phi) is 8.62. The number of nitrogens with zero attached hydrogens (tertiary/aromatic N) is 2. The van der Waals surface area contributed by atoms with Gasteiger partial charge in [0.15, 0.2) is 0 Å². The average molecular weight is 293 g/mol. The molecule has 0 spiro atoms. The number of methoxy groups -OCH3 is 1. The molecule has 1 N–H and O–H groups in total. The highest BCUT2D eigenvalue weighted by Crippen LogP contribution is 2.01. The number of rotatable bonds is 10. The van der Waals surface area contributed by atoms with E-state index in [1.54, 1.807) is 0 Å². The predicted octanol–water partition coefficient (Wildman–Crippen LogP) is 1.49. The second-order valence-corrected chi connectivity index (χ2v) is 5.19. The number of carbonyl (C=O) groups is 1. The van der Waals surface area contributed by atoms with Crippen LogP contribution in [0.1, 0.15) is 25.5 Å². The summed E-state index contributed by atoms with van der Waals surface area (Å²) in [5.41, 5.74) is 1.10. The molecule has 21 heavy (non-hydrogen) atoms. The summed E-state index contributed by atoms with van der Waals surface area (Å²) in [6.45, 7) is 4.69. The molecule has 1 atom stereocenters. The third kappa shape index (κ3) is 7.20. The van der Waals surface area contributed by atoms with Crippen LogP contribution in [-0.4, -0.2) is 55.7 Å². The van der Waals surface area contributed by atoms with Crippen LogP contribution in [0.25, 0.3) is 0 Å². The van der Waals surface area contributed by atoms with Crippen LogP contribution >= 0.6 is 0 Å². The van der Waals surface area contributed by atoms with Gasteiger partial charge >= 0.3 is 5.97 Å². The van der Waals surface area contributed by atoms with Crippen molar-refractivity contribution in [2.75, 3.05) is 33.8 Å². The maximum atomic E-state index is 11.7. The van der Waals surface area contributed by atoms with Crippen LogP contribution in [0, 0.1) is 0 Å². The number of aromatic nitrogens is 1. The summed E-state index contributed by atoms with van der Waals surface area (Å²) < 4.78 is 4.84. The Morgan fingerprint density at radius 2 is 2.24 bits per heavy atom. The minimum Gasteiger partial charge on any atom is -0.468 e. The second kappa shape index (κ2) is 10.3. The van der Waals surface area contributed by atoms with Gasteiger partial charge in [0.25, 0.3) is 0 Å². The lowest BCUT2D eigenvalue weighted by Crippen LogP contribution is -2.40. The van der Waals surface area contributed by atoms with Crippen molar-refractivity contribution >= 4 is 5.97 Å². The predicted molar refractivity (Wildman–Crippen MR) is 84.2 cm³/mol. The molecule has 1 aromatic rings. The molecule has 0 radical (unpaired) electrons. The molecule has 0 saturated heterocycles. The lowest BCUT2D eigenvalue weighted by molar-refractivity contribution is -0.143. The first-order valence-electron chi connectivity index (χ1n) is 7.57. The largest absolute Gasteiger partial charge is 0.468 e. The van der Waals surface area contributed by atoms with Crippen molar-refractivity contribution < 1.29 is 9.53 Å². The van der Waals surface area contributed by atoms with Gasteiger partial charge in [-0.2, -0.15) is 0 Å². The molecule has 1 unspecified atom stereocenters. The fraction of sp³-hybridized carbons (Fsp3) is 0.625. The highest BCUT2D eigenvalue weighted by molar-refractivity contribution is 5.75. The van der Waals surface area contributed by atoms with Gasteiger partial charge in [0.05, 0.1) is 7.11 Å². The highest BCUT2D eigenvalue weighted by atomic mass is 16.5. The molecule has 5 nitrogen and oxygen atoms in total. The topological polar surface area (TPSA) is 54.5 Å². The van der Waals surface area contributed by atoms with Crippen molar-refractivity contribution in [2.45, 2.75) is 32.2 Å². The zero-order valence-electron chi connectivity index (χ0n) is 13.3. The van der Waals surface area contributed by atoms with Crippen LogP contribution in [0.5, 0.6) is 0 Å². The summed E-state index contributed by atoms with van der Waals surface area (Å²) in [5, 5.41) is 3.24. The standard InChI is InChI=1S/C16H27N3O2/c1-4-10-18-15(16(20)21-3)9-13-19(2)12-8-14-7-5-6-11-17-14/h5-7,11,15,18H,4,8-10,12-13H2,1-3H3.